The fraction of sp³-hybridized carbons (Fsp3) is 0.522. The first-order chi connectivity index (χ1) is 15.2. The molecule has 0 aliphatic carbocycles. The maximum Gasteiger partial charge on any atom is 0.225 e. The lowest BCUT2D eigenvalue weighted by Gasteiger charge is -2.36. The predicted molar refractivity (Wildman–Crippen MR) is 141 cm³/mol. The summed E-state index contributed by atoms with van der Waals surface area (Å²) in [6.07, 6.45) is 4.61. The maximum absolute atomic E-state index is 5.82. The average molecular weight is 553 g/mol. The Hall–Kier alpha value is -2.14. The largest absolute Gasteiger partial charge is 0.494 e. The van der Waals surface area contributed by atoms with Crippen molar-refractivity contribution in [1.29, 1.82) is 0 Å². The SMILES string of the molecule is CCNC(=NCc1ccc(OCCCN(C)C)cc1)N1CCN(c2ncccn2)CC1.I. The minimum atomic E-state index is 0. The van der Waals surface area contributed by atoms with Gasteiger partial charge in [-0.25, -0.2) is 15.0 Å². The van der Waals surface area contributed by atoms with E-state index in [-0.39, 0.29) is 24.0 Å². The Balaban J connectivity index is 0.00000363. The van der Waals surface area contributed by atoms with Gasteiger partial charge in [0.05, 0.1) is 13.2 Å². The van der Waals surface area contributed by atoms with Gasteiger partial charge in [0.1, 0.15) is 5.75 Å². The molecule has 0 radical (unpaired) electrons. The number of benzene rings is 1. The van der Waals surface area contributed by atoms with Gasteiger partial charge in [-0.2, -0.15) is 0 Å². The summed E-state index contributed by atoms with van der Waals surface area (Å²) in [7, 11) is 4.16. The molecular weight excluding hydrogens is 517 g/mol. The van der Waals surface area contributed by atoms with E-state index in [9.17, 15) is 0 Å². The van der Waals surface area contributed by atoms with Crippen LogP contribution in [0.4, 0.5) is 5.95 Å². The molecule has 1 aliphatic heterocycles. The molecule has 1 saturated heterocycles. The van der Waals surface area contributed by atoms with E-state index in [1.54, 1.807) is 12.4 Å². The van der Waals surface area contributed by atoms with Crippen LogP contribution in [0.1, 0.15) is 18.9 Å². The van der Waals surface area contributed by atoms with E-state index in [4.69, 9.17) is 9.73 Å². The van der Waals surface area contributed by atoms with Crippen LogP contribution in [0.5, 0.6) is 5.75 Å². The lowest BCUT2D eigenvalue weighted by atomic mass is 10.2. The van der Waals surface area contributed by atoms with Crippen LogP contribution in [0.25, 0.3) is 0 Å². The van der Waals surface area contributed by atoms with Crippen molar-refractivity contribution < 1.29 is 4.74 Å². The highest BCUT2D eigenvalue weighted by molar-refractivity contribution is 14.0. The fourth-order valence-corrected chi connectivity index (χ4v) is 3.43. The van der Waals surface area contributed by atoms with E-state index < -0.39 is 0 Å². The van der Waals surface area contributed by atoms with E-state index in [0.717, 1.165) is 70.0 Å². The molecule has 32 heavy (non-hydrogen) atoms. The average Bonchev–Trinajstić information content (AvgIpc) is 2.81. The second-order valence-electron chi connectivity index (χ2n) is 7.84. The van der Waals surface area contributed by atoms with Crippen molar-refractivity contribution in [2.24, 2.45) is 4.99 Å². The third kappa shape index (κ3) is 8.42. The van der Waals surface area contributed by atoms with Gasteiger partial charge in [-0.1, -0.05) is 12.1 Å². The van der Waals surface area contributed by atoms with Crippen LogP contribution in [-0.2, 0) is 6.54 Å². The van der Waals surface area contributed by atoms with Crippen LogP contribution in [0.15, 0.2) is 47.7 Å². The minimum absolute atomic E-state index is 0. The van der Waals surface area contributed by atoms with Gasteiger partial charge in [0.15, 0.2) is 5.96 Å². The second-order valence-corrected chi connectivity index (χ2v) is 7.84. The Bertz CT molecular complexity index is 794. The molecule has 1 fully saturated rings. The van der Waals surface area contributed by atoms with Crippen molar-refractivity contribution in [3.63, 3.8) is 0 Å². The number of aromatic nitrogens is 2. The van der Waals surface area contributed by atoms with Gasteiger partial charge in [-0.15, -0.1) is 24.0 Å². The third-order valence-electron chi connectivity index (χ3n) is 5.10. The number of piperazine rings is 1. The first-order valence-electron chi connectivity index (χ1n) is 11.1. The zero-order chi connectivity index (χ0) is 21.9. The summed E-state index contributed by atoms with van der Waals surface area (Å²) in [5.74, 6) is 2.67. The number of ether oxygens (including phenoxy) is 1. The van der Waals surface area contributed by atoms with Gasteiger partial charge in [0.2, 0.25) is 5.95 Å². The molecule has 1 aromatic heterocycles. The molecule has 1 aliphatic rings. The highest BCUT2D eigenvalue weighted by Gasteiger charge is 2.21. The molecule has 0 spiro atoms. The number of guanidine groups is 1. The van der Waals surface area contributed by atoms with Crippen LogP contribution >= 0.6 is 24.0 Å². The highest BCUT2D eigenvalue weighted by Crippen LogP contribution is 2.14. The quantitative estimate of drug-likeness (QED) is 0.222. The van der Waals surface area contributed by atoms with Crippen LogP contribution in [-0.4, -0.2) is 85.7 Å². The van der Waals surface area contributed by atoms with Crippen molar-refractivity contribution in [3.8, 4) is 5.75 Å². The summed E-state index contributed by atoms with van der Waals surface area (Å²) in [6.45, 7) is 8.92. The Morgan fingerprint density at radius 3 is 2.41 bits per heavy atom. The molecule has 2 aromatic rings. The van der Waals surface area contributed by atoms with Crippen molar-refractivity contribution >= 4 is 35.9 Å². The summed E-state index contributed by atoms with van der Waals surface area (Å²) >= 11 is 0. The molecule has 0 saturated carbocycles. The monoisotopic (exact) mass is 553 g/mol. The normalized spacial score (nSPS) is 14.3. The molecule has 176 valence electrons. The number of anilines is 1. The van der Waals surface area contributed by atoms with Crippen LogP contribution < -0.4 is 15.0 Å². The van der Waals surface area contributed by atoms with Gasteiger partial charge in [0, 0.05) is 51.7 Å². The highest BCUT2D eigenvalue weighted by atomic mass is 127. The molecule has 0 bridgehead atoms. The standard InChI is InChI=1S/C23H35N7O.HI/c1-4-24-22(29-14-16-30(17-15-29)23-25-11-5-12-26-23)27-19-20-7-9-21(10-8-20)31-18-6-13-28(2)3;/h5,7-12H,4,6,13-19H2,1-3H3,(H,24,27);1H. The summed E-state index contributed by atoms with van der Waals surface area (Å²) < 4.78 is 5.82. The lowest BCUT2D eigenvalue weighted by Crippen LogP contribution is -2.52. The third-order valence-corrected chi connectivity index (χ3v) is 5.10. The fourth-order valence-electron chi connectivity index (χ4n) is 3.43. The molecule has 3 rings (SSSR count). The van der Waals surface area contributed by atoms with Crippen molar-refractivity contribution in [2.75, 3.05) is 64.9 Å². The number of hydrogen-bond donors (Lipinski definition) is 1. The molecule has 0 atom stereocenters. The Morgan fingerprint density at radius 2 is 1.78 bits per heavy atom. The van der Waals surface area contributed by atoms with E-state index in [0.29, 0.717) is 6.54 Å². The van der Waals surface area contributed by atoms with E-state index >= 15 is 0 Å². The topological polar surface area (TPSA) is 69.1 Å². The molecule has 9 heteroatoms. The number of aliphatic imine (C=N–C) groups is 1. The zero-order valence-electron chi connectivity index (χ0n) is 19.4. The molecule has 0 amide bonds. The number of hydrogen-bond acceptors (Lipinski definition) is 6. The summed E-state index contributed by atoms with van der Waals surface area (Å²) in [4.78, 5) is 20.3. The maximum atomic E-state index is 5.82. The van der Waals surface area contributed by atoms with Crippen LogP contribution in [0, 0.1) is 0 Å². The van der Waals surface area contributed by atoms with E-state index in [2.05, 4.69) is 63.1 Å². The first-order valence-corrected chi connectivity index (χ1v) is 11.1. The summed E-state index contributed by atoms with van der Waals surface area (Å²) in [5.41, 5.74) is 1.17. The van der Waals surface area contributed by atoms with Gasteiger partial charge < -0.3 is 24.8 Å². The zero-order valence-corrected chi connectivity index (χ0v) is 21.7. The molecule has 1 aromatic carbocycles. The minimum Gasteiger partial charge on any atom is -0.494 e. The molecule has 1 N–H and O–H groups in total. The number of rotatable bonds is 9. The Morgan fingerprint density at radius 1 is 1.09 bits per heavy atom. The molecule has 0 unspecified atom stereocenters. The number of nitrogens with zero attached hydrogens (tertiary/aromatic N) is 6. The van der Waals surface area contributed by atoms with Gasteiger partial charge in [-0.3, -0.25) is 0 Å². The van der Waals surface area contributed by atoms with Gasteiger partial charge >= 0.3 is 0 Å². The summed E-state index contributed by atoms with van der Waals surface area (Å²) in [6, 6.07) is 10.1. The lowest BCUT2D eigenvalue weighted by molar-refractivity contribution is 0.281. The van der Waals surface area contributed by atoms with Gasteiger partial charge in [-0.05, 0) is 51.2 Å². The van der Waals surface area contributed by atoms with Crippen LogP contribution in [0.3, 0.4) is 0 Å². The van der Waals surface area contributed by atoms with Gasteiger partial charge in [0.25, 0.3) is 0 Å². The molecular formula is C23H36IN7O. The van der Waals surface area contributed by atoms with Crippen molar-refractivity contribution in [1.82, 2.24) is 25.1 Å². The summed E-state index contributed by atoms with van der Waals surface area (Å²) in [5, 5.41) is 3.43. The smallest absolute Gasteiger partial charge is 0.225 e. The second kappa shape index (κ2) is 14.1. The van der Waals surface area contributed by atoms with E-state index in [1.807, 2.05) is 18.2 Å². The predicted octanol–water partition coefficient (Wildman–Crippen LogP) is 2.71. The first kappa shape index (κ1) is 26.1. The van der Waals surface area contributed by atoms with Crippen molar-refractivity contribution in [3.05, 3.63) is 48.3 Å². The number of halogens is 1. The number of nitrogens with one attached hydrogen (secondary N) is 1. The Labute approximate surface area is 209 Å². The van der Waals surface area contributed by atoms with Crippen LogP contribution in [0.2, 0.25) is 0 Å². The van der Waals surface area contributed by atoms with E-state index in [1.165, 1.54) is 5.56 Å². The Kier molecular flexibility index (Phi) is 11.5. The molecule has 2 heterocycles. The van der Waals surface area contributed by atoms with Crippen molar-refractivity contribution in [2.45, 2.75) is 19.9 Å². The molecule has 8 nitrogen and oxygen atoms in total.